The molecule has 1 heterocycles. The van der Waals surface area contributed by atoms with Crippen LogP contribution >= 0.6 is 0 Å². The number of nitrogens with zero attached hydrogens (tertiary/aromatic N) is 4. The number of ether oxygens (including phenoxy) is 1. The molecule has 0 fully saturated rings. The predicted octanol–water partition coefficient (Wildman–Crippen LogP) is 3.16. The van der Waals surface area contributed by atoms with Crippen LogP contribution in [0.2, 0.25) is 0 Å². The fourth-order valence-electron chi connectivity index (χ4n) is 4.99. The Labute approximate surface area is 288 Å². The third-order valence-corrected chi connectivity index (χ3v) is 7.50. The van der Waals surface area contributed by atoms with Crippen molar-refractivity contribution >= 4 is 23.7 Å². The van der Waals surface area contributed by atoms with E-state index in [4.69, 9.17) is 4.74 Å². The lowest BCUT2D eigenvalue weighted by Crippen LogP contribution is -2.54. The summed E-state index contributed by atoms with van der Waals surface area (Å²) in [6.07, 6.45) is 1.81. The van der Waals surface area contributed by atoms with Gasteiger partial charge in [0.25, 0.3) is 5.91 Å². The molecule has 13 heteroatoms. The van der Waals surface area contributed by atoms with Crippen molar-refractivity contribution in [3.63, 3.8) is 0 Å². The highest BCUT2D eigenvalue weighted by Crippen LogP contribution is 2.22. The summed E-state index contributed by atoms with van der Waals surface area (Å²) >= 11 is 0. The first-order valence-corrected chi connectivity index (χ1v) is 15.7. The smallest absolute Gasteiger partial charge is 0.326 e. The molecule has 0 saturated heterocycles. The number of hydrogen-bond donors (Lipinski definition) is 4. The topological polar surface area (TPSA) is 177 Å². The van der Waals surface area contributed by atoms with Gasteiger partial charge in [-0.3, -0.25) is 14.4 Å². The Morgan fingerprint density at radius 1 is 0.800 bits per heavy atom. The Morgan fingerprint density at radius 3 is 2.06 bits per heavy atom. The fraction of sp³-hybridized carbons (Fsp3) is 0.162. The molecule has 1 aromatic heterocycles. The van der Waals surface area contributed by atoms with E-state index in [0.29, 0.717) is 29.4 Å². The average Bonchev–Trinajstić information content (AvgIpc) is 3.64. The lowest BCUT2D eigenvalue weighted by molar-refractivity contribution is -0.142. The molecule has 254 valence electrons. The summed E-state index contributed by atoms with van der Waals surface area (Å²) in [5, 5.41) is 30.2. The van der Waals surface area contributed by atoms with Gasteiger partial charge >= 0.3 is 5.97 Å². The van der Waals surface area contributed by atoms with Crippen LogP contribution in [0.3, 0.4) is 0 Å². The van der Waals surface area contributed by atoms with Gasteiger partial charge in [-0.15, -0.1) is 15.0 Å². The summed E-state index contributed by atoms with van der Waals surface area (Å²) in [5.74, 6) is -2.12. The minimum atomic E-state index is -1.21. The normalized spacial score (nSPS) is 11.8. The number of carbonyl (C=O) groups excluding carboxylic acids is 3. The second-order valence-electron chi connectivity index (χ2n) is 11.1. The highest BCUT2D eigenvalue weighted by molar-refractivity contribution is 5.97. The number of carboxylic acid groups (broad SMARTS) is 1. The molecule has 5 rings (SSSR count). The second kappa shape index (κ2) is 17.0. The SMILES string of the molecule is C=CCOc1ccccc1-n1nnc(-c2ccc(C(=O)NCC(=O)N[C@@H](Cc3ccccc3)C(=O)N[C@@H](Cc3ccccc3)C(=O)O)cc2)n1. The first-order valence-electron chi connectivity index (χ1n) is 15.7. The molecule has 0 aliphatic rings. The summed E-state index contributed by atoms with van der Waals surface area (Å²) < 4.78 is 5.68. The van der Waals surface area contributed by atoms with E-state index >= 15 is 0 Å². The van der Waals surface area contributed by atoms with E-state index in [1.807, 2.05) is 24.3 Å². The van der Waals surface area contributed by atoms with E-state index in [1.165, 1.54) is 4.80 Å². The number of tetrazole rings is 1. The number of aliphatic carboxylic acids is 1. The maximum Gasteiger partial charge on any atom is 0.326 e. The molecule has 0 aliphatic heterocycles. The molecule has 0 radical (unpaired) electrons. The minimum absolute atomic E-state index is 0.0657. The van der Waals surface area contributed by atoms with Crippen molar-refractivity contribution < 1.29 is 29.0 Å². The van der Waals surface area contributed by atoms with E-state index in [0.717, 1.165) is 11.1 Å². The van der Waals surface area contributed by atoms with Gasteiger partial charge in [-0.05, 0) is 40.6 Å². The standard InChI is InChI=1S/C37H35N7O6/c1-2-21-50-32-16-10-9-15-31(32)44-42-34(41-43-44)27-17-19-28(20-18-27)35(46)38-24-33(45)39-29(22-25-11-5-3-6-12-25)36(47)40-30(37(48)49)23-26-13-7-4-8-14-26/h2-20,29-30H,1,21-24H2,(H,38,46)(H,39,45)(H,40,47)(H,48,49)/t29-,30-/m0/s1. The number of amides is 3. The molecule has 5 aromatic rings. The Bertz CT molecular complexity index is 1930. The second-order valence-corrected chi connectivity index (χ2v) is 11.1. The predicted molar refractivity (Wildman–Crippen MR) is 184 cm³/mol. The molecule has 2 atom stereocenters. The van der Waals surface area contributed by atoms with E-state index in [-0.39, 0.29) is 18.4 Å². The third kappa shape index (κ3) is 9.47. The van der Waals surface area contributed by atoms with Crippen LogP contribution in [0.4, 0.5) is 0 Å². The molecule has 0 unspecified atom stereocenters. The number of carboxylic acids is 1. The van der Waals surface area contributed by atoms with Gasteiger partial charge in [-0.2, -0.15) is 0 Å². The van der Waals surface area contributed by atoms with Crippen molar-refractivity contribution in [1.82, 2.24) is 36.2 Å². The van der Waals surface area contributed by atoms with Gasteiger partial charge in [0.15, 0.2) is 0 Å². The summed E-state index contributed by atoms with van der Waals surface area (Å²) in [7, 11) is 0. The summed E-state index contributed by atoms with van der Waals surface area (Å²) in [5.41, 5.74) is 2.97. The minimum Gasteiger partial charge on any atom is -0.487 e. The van der Waals surface area contributed by atoms with Gasteiger partial charge < -0.3 is 25.8 Å². The van der Waals surface area contributed by atoms with Crippen molar-refractivity contribution in [1.29, 1.82) is 0 Å². The molecule has 0 aliphatic carbocycles. The average molecular weight is 674 g/mol. The van der Waals surface area contributed by atoms with Gasteiger partial charge in [-0.1, -0.05) is 97.6 Å². The quantitative estimate of drug-likeness (QED) is 0.115. The van der Waals surface area contributed by atoms with Crippen LogP contribution in [0.25, 0.3) is 17.1 Å². The zero-order chi connectivity index (χ0) is 35.3. The lowest BCUT2D eigenvalue weighted by atomic mass is 10.0. The van der Waals surface area contributed by atoms with Gasteiger partial charge in [-0.25, -0.2) is 4.79 Å². The molecule has 0 bridgehead atoms. The van der Waals surface area contributed by atoms with E-state index in [1.54, 1.807) is 91.0 Å². The molecule has 4 N–H and O–H groups in total. The maximum atomic E-state index is 13.3. The number of hydrogen-bond acceptors (Lipinski definition) is 8. The number of carbonyl (C=O) groups is 4. The molecule has 13 nitrogen and oxygen atoms in total. The van der Waals surface area contributed by atoms with Crippen LogP contribution in [0, 0.1) is 0 Å². The van der Waals surface area contributed by atoms with E-state index in [9.17, 15) is 24.3 Å². The monoisotopic (exact) mass is 673 g/mol. The van der Waals surface area contributed by atoms with Crippen molar-refractivity contribution in [3.05, 3.63) is 139 Å². The van der Waals surface area contributed by atoms with Crippen LogP contribution in [-0.4, -0.2) is 74.2 Å². The molecule has 4 aromatic carbocycles. The third-order valence-electron chi connectivity index (χ3n) is 7.50. The molecular formula is C37H35N7O6. The van der Waals surface area contributed by atoms with Crippen molar-refractivity contribution in [2.75, 3.05) is 13.2 Å². The fourth-order valence-corrected chi connectivity index (χ4v) is 4.99. The molecule has 0 spiro atoms. The van der Waals surface area contributed by atoms with Crippen molar-refractivity contribution in [3.8, 4) is 22.8 Å². The number of nitrogens with one attached hydrogen (secondary N) is 3. The maximum absolute atomic E-state index is 13.3. The van der Waals surface area contributed by atoms with Crippen LogP contribution < -0.4 is 20.7 Å². The molecule has 50 heavy (non-hydrogen) atoms. The van der Waals surface area contributed by atoms with E-state index in [2.05, 4.69) is 37.9 Å². The zero-order valence-electron chi connectivity index (χ0n) is 26.9. The number of para-hydroxylation sites is 2. The van der Waals surface area contributed by atoms with Crippen molar-refractivity contribution in [2.45, 2.75) is 24.9 Å². The molecule has 3 amide bonds. The van der Waals surface area contributed by atoms with Crippen LogP contribution in [0.1, 0.15) is 21.5 Å². The summed E-state index contributed by atoms with van der Waals surface area (Å²) in [6.45, 7) is 3.56. The van der Waals surface area contributed by atoms with Gasteiger partial charge in [0.1, 0.15) is 30.1 Å². The Hall–Kier alpha value is -6.63. The van der Waals surface area contributed by atoms with Crippen LogP contribution in [0.5, 0.6) is 5.75 Å². The van der Waals surface area contributed by atoms with Gasteiger partial charge in [0.05, 0.1) is 6.54 Å². The first kappa shape index (κ1) is 34.7. The highest BCUT2D eigenvalue weighted by atomic mass is 16.5. The summed E-state index contributed by atoms with van der Waals surface area (Å²) in [4.78, 5) is 52.6. The highest BCUT2D eigenvalue weighted by Gasteiger charge is 2.27. The van der Waals surface area contributed by atoms with E-state index < -0.39 is 42.3 Å². The van der Waals surface area contributed by atoms with Crippen LogP contribution in [-0.2, 0) is 27.2 Å². The molecular weight excluding hydrogens is 638 g/mol. The lowest BCUT2D eigenvalue weighted by Gasteiger charge is -2.22. The van der Waals surface area contributed by atoms with Crippen LogP contribution in [0.15, 0.2) is 122 Å². The largest absolute Gasteiger partial charge is 0.487 e. The zero-order valence-corrected chi connectivity index (χ0v) is 26.9. The molecule has 0 saturated carbocycles. The van der Waals surface area contributed by atoms with Gasteiger partial charge in [0, 0.05) is 24.0 Å². The summed E-state index contributed by atoms with van der Waals surface area (Å²) in [6, 6.07) is 29.3. The number of aromatic nitrogens is 4. The number of rotatable bonds is 16. The Balaban J connectivity index is 1.20. The number of benzene rings is 4. The Kier molecular flexibility index (Phi) is 11.8. The van der Waals surface area contributed by atoms with Crippen molar-refractivity contribution in [2.24, 2.45) is 0 Å². The first-order chi connectivity index (χ1) is 24.3. The Morgan fingerprint density at radius 2 is 1.42 bits per heavy atom. The van der Waals surface area contributed by atoms with Gasteiger partial charge in [0.2, 0.25) is 17.6 Å².